The number of hydrogen-bond acceptors (Lipinski definition) is 5. The summed E-state index contributed by atoms with van der Waals surface area (Å²) in [4.78, 5) is 18.8. The van der Waals surface area contributed by atoms with Gasteiger partial charge >= 0.3 is 0 Å². The van der Waals surface area contributed by atoms with Gasteiger partial charge in [-0.1, -0.05) is 41.7 Å². The minimum atomic E-state index is 0.388. The quantitative estimate of drug-likeness (QED) is 0.760. The van der Waals surface area contributed by atoms with Gasteiger partial charge in [0.2, 0.25) is 0 Å². The molecule has 0 amide bonds. The molecule has 0 N–H and O–H groups in total. The van der Waals surface area contributed by atoms with Crippen LogP contribution >= 0.6 is 23.1 Å². The predicted molar refractivity (Wildman–Crippen MR) is 89.2 cm³/mol. The lowest BCUT2D eigenvalue weighted by atomic mass is 10.1. The first-order valence-electron chi connectivity index (χ1n) is 6.40. The van der Waals surface area contributed by atoms with Crippen LogP contribution in [0.5, 0.6) is 0 Å². The third-order valence-electron chi connectivity index (χ3n) is 3.17. The van der Waals surface area contributed by atoms with Crippen molar-refractivity contribution in [1.29, 1.82) is 0 Å². The molecular weight excluding hydrogens is 288 g/mol. The van der Waals surface area contributed by atoms with E-state index in [9.17, 15) is 4.79 Å². The molecule has 0 saturated heterocycles. The Morgan fingerprint density at radius 3 is 2.70 bits per heavy atom. The van der Waals surface area contributed by atoms with Gasteiger partial charge in [0.05, 0.1) is 10.6 Å². The Hall–Kier alpha value is -1.33. The number of thiazole rings is 1. The average molecular weight is 306 g/mol. The van der Waals surface area contributed by atoms with Crippen LogP contribution in [0.2, 0.25) is 0 Å². The fourth-order valence-electron chi connectivity index (χ4n) is 1.90. The molecule has 1 unspecified atom stereocenters. The van der Waals surface area contributed by atoms with E-state index in [4.69, 9.17) is 0 Å². The standard InChI is InChI=1S/C15H18N2OS2/c1-11(10-19-3)17(2)15-16-14(13(9-18)20-15)12-7-5-4-6-8-12/h4-9,11H,10H2,1-3H3. The molecule has 2 aromatic rings. The Balaban J connectivity index is 2.34. The zero-order valence-electron chi connectivity index (χ0n) is 11.9. The summed E-state index contributed by atoms with van der Waals surface area (Å²) in [6.45, 7) is 2.17. The largest absolute Gasteiger partial charge is 0.348 e. The van der Waals surface area contributed by atoms with Gasteiger partial charge in [0, 0.05) is 24.4 Å². The van der Waals surface area contributed by atoms with Crippen molar-refractivity contribution in [3.8, 4) is 11.3 Å². The highest BCUT2D eigenvalue weighted by atomic mass is 32.2. The van der Waals surface area contributed by atoms with Gasteiger partial charge < -0.3 is 4.90 Å². The minimum absolute atomic E-state index is 0.388. The Morgan fingerprint density at radius 1 is 1.40 bits per heavy atom. The van der Waals surface area contributed by atoms with E-state index in [-0.39, 0.29) is 0 Å². The second-order valence-corrected chi connectivity index (χ2v) is 6.53. The van der Waals surface area contributed by atoms with Gasteiger partial charge in [-0.15, -0.1) is 0 Å². The maximum Gasteiger partial charge on any atom is 0.186 e. The van der Waals surface area contributed by atoms with Crippen LogP contribution in [0.1, 0.15) is 16.6 Å². The van der Waals surface area contributed by atoms with Crippen molar-refractivity contribution in [1.82, 2.24) is 4.98 Å². The molecule has 0 fully saturated rings. The van der Waals surface area contributed by atoms with Crippen molar-refractivity contribution in [2.45, 2.75) is 13.0 Å². The molecule has 0 bridgehead atoms. The van der Waals surface area contributed by atoms with Crippen LogP contribution < -0.4 is 4.90 Å². The fraction of sp³-hybridized carbons (Fsp3) is 0.333. The second-order valence-electron chi connectivity index (χ2n) is 4.61. The summed E-state index contributed by atoms with van der Waals surface area (Å²) in [5.74, 6) is 1.03. The van der Waals surface area contributed by atoms with E-state index in [0.29, 0.717) is 10.9 Å². The Kier molecular flexibility index (Phi) is 5.20. The first kappa shape index (κ1) is 15.1. The number of benzene rings is 1. The van der Waals surface area contributed by atoms with Crippen LogP contribution in [0, 0.1) is 0 Å². The van der Waals surface area contributed by atoms with Gasteiger partial charge in [-0.05, 0) is 13.2 Å². The zero-order valence-corrected chi connectivity index (χ0v) is 13.5. The molecule has 0 aliphatic carbocycles. The summed E-state index contributed by atoms with van der Waals surface area (Å²) in [6.07, 6.45) is 3.00. The van der Waals surface area contributed by atoms with E-state index < -0.39 is 0 Å². The van der Waals surface area contributed by atoms with E-state index in [1.54, 1.807) is 0 Å². The Morgan fingerprint density at radius 2 is 2.10 bits per heavy atom. The first-order chi connectivity index (χ1) is 9.67. The van der Waals surface area contributed by atoms with Gasteiger partial charge in [0.15, 0.2) is 11.4 Å². The molecule has 1 aromatic carbocycles. The Labute approximate surface area is 128 Å². The van der Waals surface area contributed by atoms with Gasteiger partial charge in [-0.2, -0.15) is 11.8 Å². The third kappa shape index (κ3) is 3.22. The van der Waals surface area contributed by atoms with Crippen molar-refractivity contribution >= 4 is 34.5 Å². The zero-order chi connectivity index (χ0) is 14.5. The summed E-state index contributed by atoms with van der Waals surface area (Å²) < 4.78 is 0. The van der Waals surface area contributed by atoms with Gasteiger partial charge in [-0.25, -0.2) is 4.98 Å². The molecule has 0 radical (unpaired) electrons. The van der Waals surface area contributed by atoms with Crippen LogP contribution in [-0.2, 0) is 0 Å². The van der Waals surface area contributed by atoms with Crippen LogP contribution in [0.3, 0.4) is 0 Å². The van der Waals surface area contributed by atoms with Crippen molar-refractivity contribution in [3.05, 3.63) is 35.2 Å². The number of aldehydes is 1. The molecule has 0 saturated carbocycles. The third-order valence-corrected chi connectivity index (χ3v) is 5.05. The highest BCUT2D eigenvalue weighted by molar-refractivity contribution is 7.98. The van der Waals surface area contributed by atoms with Gasteiger partial charge in [-0.3, -0.25) is 4.79 Å². The SMILES string of the molecule is CSCC(C)N(C)c1nc(-c2ccccc2)c(C=O)s1. The minimum Gasteiger partial charge on any atom is -0.348 e. The number of carbonyl (C=O) groups is 1. The normalized spacial score (nSPS) is 12.2. The summed E-state index contributed by atoms with van der Waals surface area (Å²) >= 11 is 3.27. The molecule has 0 aliphatic heterocycles. The molecule has 2 rings (SSSR count). The maximum atomic E-state index is 11.3. The number of aromatic nitrogens is 1. The fourth-order valence-corrected chi connectivity index (χ4v) is 3.57. The lowest BCUT2D eigenvalue weighted by Gasteiger charge is -2.23. The number of carbonyl (C=O) groups excluding carboxylic acids is 1. The Bertz CT molecular complexity index is 569. The van der Waals surface area contributed by atoms with Crippen molar-refractivity contribution in [3.63, 3.8) is 0 Å². The van der Waals surface area contributed by atoms with E-state index in [2.05, 4.69) is 23.1 Å². The molecular formula is C15H18N2OS2. The van der Waals surface area contributed by atoms with E-state index in [0.717, 1.165) is 28.4 Å². The highest BCUT2D eigenvalue weighted by Gasteiger charge is 2.18. The molecule has 1 heterocycles. The molecule has 20 heavy (non-hydrogen) atoms. The van der Waals surface area contributed by atoms with Crippen molar-refractivity contribution in [2.75, 3.05) is 24.0 Å². The number of rotatable bonds is 6. The van der Waals surface area contributed by atoms with E-state index in [1.165, 1.54) is 11.3 Å². The number of nitrogens with zero attached hydrogens (tertiary/aromatic N) is 2. The van der Waals surface area contributed by atoms with Gasteiger partial charge in [0.25, 0.3) is 0 Å². The van der Waals surface area contributed by atoms with Crippen LogP contribution in [0.4, 0.5) is 5.13 Å². The maximum absolute atomic E-state index is 11.3. The lowest BCUT2D eigenvalue weighted by Crippen LogP contribution is -2.30. The average Bonchev–Trinajstić information content (AvgIpc) is 2.91. The summed E-state index contributed by atoms with van der Waals surface area (Å²) in [5.41, 5.74) is 1.77. The monoisotopic (exact) mass is 306 g/mol. The molecule has 1 atom stereocenters. The lowest BCUT2D eigenvalue weighted by molar-refractivity contribution is 0.112. The predicted octanol–water partition coefficient (Wildman–Crippen LogP) is 3.81. The highest BCUT2D eigenvalue weighted by Crippen LogP contribution is 2.32. The van der Waals surface area contributed by atoms with Crippen LogP contribution in [0.15, 0.2) is 30.3 Å². The van der Waals surface area contributed by atoms with E-state index in [1.807, 2.05) is 49.1 Å². The van der Waals surface area contributed by atoms with Crippen LogP contribution in [0.25, 0.3) is 11.3 Å². The summed E-state index contributed by atoms with van der Waals surface area (Å²) in [6, 6.07) is 10.2. The smallest absolute Gasteiger partial charge is 0.186 e. The molecule has 0 spiro atoms. The molecule has 0 aliphatic rings. The topological polar surface area (TPSA) is 33.2 Å². The number of anilines is 1. The van der Waals surface area contributed by atoms with Gasteiger partial charge in [0.1, 0.15) is 0 Å². The van der Waals surface area contributed by atoms with Crippen molar-refractivity contribution in [2.24, 2.45) is 0 Å². The molecule has 3 nitrogen and oxygen atoms in total. The number of thioether (sulfide) groups is 1. The second kappa shape index (κ2) is 6.90. The molecule has 5 heteroatoms. The number of hydrogen-bond donors (Lipinski definition) is 0. The van der Waals surface area contributed by atoms with Crippen molar-refractivity contribution < 1.29 is 4.79 Å². The van der Waals surface area contributed by atoms with Crippen LogP contribution in [-0.4, -0.2) is 36.4 Å². The molecule has 106 valence electrons. The van der Waals surface area contributed by atoms with E-state index >= 15 is 0 Å². The molecule has 1 aromatic heterocycles. The first-order valence-corrected chi connectivity index (χ1v) is 8.61. The summed E-state index contributed by atoms with van der Waals surface area (Å²) in [5, 5.41) is 0.896. The summed E-state index contributed by atoms with van der Waals surface area (Å²) in [7, 11) is 2.03.